The maximum absolute atomic E-state index is 4.73. The van der Waals surface area contributed by atoms with E-state index in [4.69, 9.17) is 4.98 Å². The highest BCUT2D eigenvalue weighted by Crippen LogP contribution is 2.29. The minimum Gasteiger partial charge on any atom is -0.247 e. The summed E-state index contributed by atoms with van der Waals surface area (Å²) in [6.45, 7) is 6.18. The molecule has 2 aromatic heterocycles. The predicted molar refractivity (Wildman–Crippen MR) is 77.1 cm³/mol. The van der Waals surface area contributed by atoms with Gasteiger partial charge in [-0.2, -0.15) is 0 Å². The lowest BCUT2D eigenvalue weighted by atomic mass is 10.1. The molecule has 90 valence electrons. The fraction of sp³-hybridized carbons (Fsp3) is 0.200. The molecule has 0 saturated heterocycles. The lowest BCUT2D eigenvalue weighted by Gasteiger charge is -2.02. The van der Waals surface area contributed by atoms with Gasteiger partial charge in [0.2, 0.25) is 0 Å². The van der Waals surface area contributed by atoms with Crippen LogP contribution in [0.3, 0.4) is 0 Å². The number of thiazole rings is 1. The first kappa shape index (κ1) is 11.4. The lowest BCUT2D eigenvalue weighted by molar-refractivity contribution is 1.20. The van der Waals surface area contributed by atoms with Crippen LogP contribution in [0.1, 0.15) is 16.3 Å². The molecule has 18 heavy (non-hydrogen) atoms. The van der Waals surface area contributed by atoms with Crippen LogP contribution >= 0.6 is 11.3 Å². The van der Waals surface area contributed by atoms with Gasteiger partial charge in [-0.25, -0.2) is 9.97 Å². The molecule has 1 aromatic carbocycles. The monoisotopic (exact) mass is 254 g/mol. The lowest BCUT2D eigenvalue weighted by Crippen LogP contribution is -1.85. The highest BCUT2D eigenvalue weighted by Gasteiger charge is 2.09. The van der Waals surface area contributed by atoms with Gasteiger partial charge in [-0.3, -0.25) is 0 Å². The minimum absolute atomic E-state index is 1.02. The first-order chi connectivity index (χ1) is 8.63. The summed E-state index contributed by atoms with van der Waals surface area (Å²) in [5.74, 6) is 0. The number of aryl methyl sites for hydroxylation is 3. The molecule has 0 amide bonds. The van der Waals surface area contributed by atoms with Gasteiger partial charge < -0.3 is 0 Å². The largest absolute Gasteiger partial charge is 0.247 e. The molecule has 2 nitrogen and oxygen atoms in total. The molecular formula is C15H14N2S. The maximum atomic E-state index is 4.73. The van der Waals surface area contributed by atoms with Gasteiger partial charge in [0, 0.05) is 5.39 Å². The van der Waals surface area contributed by atoms with Crippen LogP contribution in [-0.4, -0.2) is 9.97 Å². The second-order valence-electron chi connectivity index (χ2n) is 4.54. The molecule has 3 rings (SSSR count). The van der Waals surface area contributed by atoms with Crippen molar-refractivity contribution in [2.24, 2.45) is 0 Å². The van der Waals surface area contributed by atoms with Crippen LogP contribution in [-0.2, 0) is 0 Å². The van der Waals surface area contributed by atoms with Crippen LogP contribution < -0.4 is 0 Å². The molecule has 0 radical (unpaired) electrons. The third-order valence-electron chi connectivity index (χ3n) is 2.98. The standard InChI is InChI=1S/C15H14N2S/c1-9-4-6-13-12(8-9)5-7-14(17-13)15-10(2)16-11(3)18-15/h4-8H,1-3H3. The van der Waals surface area contributed by atoms with E-state index in [1.165, 1.54) is 15.8 Å². The summed E-state index contributed by atoms with van der Waals surface area (Å²) in [5, 5.41) is 2.28. The Bertz CT molecular complexity index is 728. The topological polar surface area (TPSA) is 25.8 Å². The Labute approximate surface area is 110 Å². The number of nitrogens with zero attached hydrogens (tertiary/aromatic N) is 2. The molecule has 2 heterocycles. The third kappa shape index (κ3) is 1.91. The van der Waals surface area contributed by atoms with Crippen LogP contribution in [0.2, 0.25) is 0 Å². The average Bonchev–Trinajstić information content (AvgIpc) is 2.68. The van der Waals surface area contributed by atoms with Crippen molar-refractivity contribution in [2.45, 2.75) is 20.8 Å². The van der Waals surface area contributed by atoms with Crippen LogP contribution in [0.25, 0.3) is 21.5 Å². The molecule has 0 N–H and O–H groups in total. The normalized spacial score (nSPS) is 11.1. The average molecular weight is 254 g/mol. The second-order valence-corrected chi connectivity index (χ2v) is 5.74. The molecule has 0 fully saturated rings. The van der Waals surface area contributed by atoms with Crippen molar-refractivity contribution in [2.75, 3.05) is 0 Å². The van der Waals surface area contributed by atoms with Gasteiger partial charge in [-0.1, -0.05) is 17.7 Å². The van der Waals surface area contributed by atoms with E-state index in [9.17, 15) is 0 Å². The number of hydrogen-bond donors (Lipinski definition) is 0. The number of pyridine rings is 1. The number of benzene rings is 1. The summed E-state index contributed by atoms with van der Waals surface area (Å²) in [5.41, 5.74) is 4.40. The summed E-state index contributed by atoms with van der Waals surface area (Å²) >= 11 is 1.71. The third-order valence-corrected chi connectivity index (χ3v) is 4.08. The highest BCUT2D eigenvalue weighted by molar-refractivity contribution is 7.15. The summed E-state index contributed by atoms with van der Waals surface area (Å²) in [7, 11) is 0. The van der Waals surface area contributed by atoms with Gasteiger partial charge in [-0.05, 0) is 39.0 Å². The first-order valence-corrected chi connectivity index (χ1v) is 6.77. The summed E-state index contributed by atoms with van der Waals surface area (Å²) in [6.07, 6.45) is 0. The van der Waals surface area contributed by atoms with E-state index < -0.39 is 0 Å². The van der Waals surface area contributed by atoms with Crippen LogP contribution in [0.5, 0.6) is 0 Å². The van der Waals surface area contributed by atoms with Crippen molar-refractivity contribution in [1.82, 2.24) is 9.97 Å². The van der Waals surface area contributed by atoms with Crippen molar-refractivity contribution in [3.05, 3.63) is 46.6 Å². The molecule has 0 saturated carbocycles. The molecule has 0 atom stereocenters. The number of rotatable bonds is 1. The van der Waals surface area contributed by atoms with Gasteiger partial charge >= 0.3 is 0 Å². The Morgan fingerprint density at radius 1 is 0.944 bits per heavy atom. The van der Waals surface area contributed by atoms with E-state index in [2.05, 4.69) is 42.2 Å². The Kier molecular flexibility index (Phi) is 2.63. The molecule has 0 spiro atoms. The summed E-state index contributed by atoms with van der Waals surface area (Å²) in [4.78, 5) is 10.4. The minimum atomic E-state index is 1.02. The number of fused-ring (bicyclic) bond motifs is 1. The van der Waals surface area contributed by atoms with Gasteiger partial charge in [0.15, 0.2) is 0 Å². The molecule has 3 heteroatoms. The fourth-order valence-corrected chi connectivity index (χ4v) is 3.03. The van der Waals surface area contributed by atoms with Gasteiger partial charge in [0.25, 0.3) is 0 Å². The highest BCUT2D eigenvalue weighted by atomic mass is 32.1. The Morgan fingerprint density at radius 2 is 1.78 bits per heavy atom. The van der Waals surface area contributed by atoms with Crippen molar-refractivity contribution in [3.8, 4) is 10.6 Å². The van der Waals surface area contributed by atoms with Gasteiger partial charge in [0.05, 0.1) is 26.8 Å². The molecular weight excluding hydrogens is 240 g/mol. The van der Waals surface area contributed by atoms with Crippen LogP contribution in [0, 0.1) is 20.8 Å². The molecule has 0 unspecified atom stereocenters. The smallest absolute Gasteiger partial charge is 0.0904 e. The summed E-state index contributed by atoms with van der Waals surface area (Å²) in [6, 6.07) is 10.6. The van der Waals surface area contributed by atoms with Crippen molar-refractivity contribution >= 4 is 22.2 Å². The zero-order valence-electron chi connectivity index (χ0n) is 10.7. The first-order valence-electron chi connectivity index (χ1n) is 5.95. The molecule has 0 aliphatic heterocycles. The molecule has 0 bridgehead atoms. The van der Waals surface area contributed by atoms with Crippen LogP contribution in [0.15, 0.2) is 30.3 Å². The van der Waals surface area contributed by atoms with E-state index in [-0.39, 0.29) is 0 Å². The van der Waals surface area contributed by atoms with E-state index in [0.717, 1.165) is 21.9 Å². The second kappa shape index (κ2) is 4.18. The van der Waals surface area contributed by atoms with Gasteiger partial charge in [0.1, 0.15) is 0 Å². The van der Waals surface area contributed by atoms with E-state index in [1.807, 2.05) is 13.8 Å². The number of hydrogen-bond acceptors (Lipinski definition) is 3. The summed E-state index contributed by atoms with van der Waals surface area (Å²) < 4.78 is 0. The quantitative estimate of drug-likeness (QED) is 0.647. The van der Waals surface area contributed by atoms with Gasteiger partial charge in [-0.15, -0.1) is 11.3 Å². The number of aromatic nitrogens is 2. The Morgan fingerprint density at radius 3 is 2.50 bits per heavy atom. The van der Waals surface area contributed by atoms with Crippen molar-refractivity contribution < 1.29 is 0 Å². The molecule has 3 aromatic rings. The predicted octanol–water partition coefficient (Wildman–Crippen LogP) is 4.28. The molecule has 0 aliphatic rings. The Balaban J connectivity index is 2.19. The fourth-order valence-electron chi connectivity index (χ4n) is 2.14. The SMILES string of the molecule is Cc1ccc2nc(-c3sc(C)nc3C)ccc2c1. The van der Waals surface area contributed by atoms with E-state index in [0.29, 0.717) is 0 Å². The van der Waals surface area contributed by atoms with Crippen molar-refractivity contribution in [1.29, 1.82) is 0 Å². The van der Waals surface area contributed by atoms with Crippen molar-refractivity contribution in [3.63, 3.8) is 0 Å². The molecule has 0 aliphatic carbocycles. The van der Waals surface area contributed by atoms with E-state index >= 15 is 0 Å². The zero-order chi connectivity index (χ0) is 12.7. The Hall–Kier alpha value is -1.74. The van der Waals surface area contributed by atoms with E-state index in [1.54, 1.807) is 11.3 Å². The van der Waals surface area contributed by atoms with Crippen LogP contribution in [0.4, 0.5) is 0 Å². The maximum Gasteiger partial charge on any atom is 0.0904 e. The zero-order valence-corrected chi connectivity index (χ0v) is 11.5.